The lowest BCUT2D eigenvalue weighted by molar-refractivity contribution is 0.256. The van der Waals surface area contributed by atoms with Crippen LogP contribution < -0.4 is 10.6 Å². The van der Waals surface area contributed by atoms with Crippen LogP contribution in [0.4, 0.5) is 5.82 Å². The third kappa shape index (κ3) is 2.92. The molecule has 0 aliphatic carbocycles. The number of anilines is 1. The molecule has 5 nitrogen and oxygen atoms in total. The van der Waals surface area contributed by atoms with E-state index in [1.54, 1.807) is 0 Å². The number of hydrogen-bond acceptors (Lipinski definition) is 4. The molecule has 1 aliphatic heterocycles. The van der Waals surface area contributed by atoms with Gasteiger partial charge in [-0.25, -0.2) is 0 Å². The Labute approximate surface area is 116 Å². The van der Waals surface area contributed by atoms with Crippen molar-refractivity contribution in [3.8, 4) is 0 Å². The van der Waals surface area contributed by atoms with Crippen LogP contribution in [0.15, 0.2) is 0 Å². The lowest BCUT2D eigenvalue weighted by Gasteiger charge is -2.37. The molecule has 0 bridgehead atoms. The average Bonchev–Trinajstić information content (AvgIpc) is 2.65. The Morgan fingerprint density at radius 1 is 1.42 bits per heavy atom. The van der Waals surface area contributed by atoms with Crippen LogP contribution in [-0.2, 0) is 13.5 Å². The smallest absolute Gasteiger partial charge is 0.130 e. The van der Waals surface area contributed by atoms with Crippen molar-refractivity contribution in [2.45, 2.75) is 32.2 Å². The topological polar surface area (TPSA) is 50.3 Å². The normalized spacial score (nSPS) is 20.3. The van der Waals surface area contributed by atoms with Gasteiger partial charge in [0.15, 0.2) is 0 Å². The highest BCUT2D eigenvalue weighted by Gasteiger charge is 2.26. The fraction of sp³-hybridized carbons (Fsp3) is 0.786. The van der Waals surface area contributed by atoms with Crippen molar-refractivity contribution in [3.63, 3.8) is 0 Å². The van der Waals surface area contributed by atoms with E-state index in [4.69, 9.17) is 5.73 Å². The highest BCUT2D eigenvalue weighted by atomic mass is 15.4. The average molecular weight is 265 g/mol. The third-order valence-electron chi connectivity index (χ3n) is 4.13. The van der Waals surface area contributed by atoms with Gasteiger partial charge in [0.1, 0.15) is 5.82 Å². The lowest BCUT2D eigenvalue weighted by Crippen LogP contribution is -2.46. The first kappa shape index (κ1) is 14.3. The van der Waals surface area contributed by atoms with Crippen molar-refractivity contribution < 1.29 is 0 Å². The molecule has 0 saturated carbocycles. The van der Waals surface area contributed by atoms with Crippen LogP contribution in [0.25, 0.3) is 0 Å². The summed E-state index contributed by atoms with van der Waals surface area (Å²) in [6.07, 6.45) is 3.44. The zero-order chi connectivity index (χ0) is 14.0. The minimum absolute atomic E-state index is 0.634. The number of rotatable bonds is 4. The molecule has 5 heteroatoms. The SMILES string of the molecule is Cc1nn(C)c(N2CCCC(N(C)C)C2)c1CCN. The van der Waals surface area contributed by atoms with E-state index in [1.165, 1.54) is 24.2 Å². The summed E-state index contributed by atoms with van der Waals surface area (Å²) in [5.41, 5.74) is 8.19. The molecule has 1 saturated heterocycles. The van der Waals surface area contributed by atoms with Gasteiger partial charge in [-0.15, -0.1) is 0 Å². The van der Waals surface area contributed by atoms with Crippen LogP contribution >= 0.6 is 0 Å². The third-order valence-corrected chi connectivity index (χ3v) is 4.13. The molecular weight excluding hydrogens is 238 g/mol. The van der Waals surface area contributed by atoms with Crippen LogP contribution in [-0.4, -0.2) is 54.5 Å². The Morgan fingerprint density at radius 3 is 2.79 bits per heavy atom. The van der Waals surface area contributed by atoms with Crippen LogP contribution in [0.1, 0.15) is 24.1 Å². The summed E-state index contributed by atoms with van der Waals surface area (Å²) in [5, 5.41) is 4.58. The molecule has 2 heterocycles. The van der Waals surface area contributed by atoms with Crippen LogP contribution in [0.2, 0.25) is 0 Å². The second-order valence-corrected chi connectivity index (χ2v) is 5.76. The predicted molar refractivity (Wildman–Crippen MR) is 79.6 cm³/mol. The standard InChI is InChI=1S/C14H27N5/c1-11-13(7-8-15)14(18(4)16-11)19-9-5-6-12(10-19)17(2)3/h12H,5-10,15H2,1-4H3. The quantitative estimate of drug-likeness (QED) is 0.873. The number of hydrogen-bond donors (Lipinski definition) is 1. The first-order chi connectivity index (χ1) is 9.04. The van der Waals surface area contributed by atoms with Gasteiger partial charge in [0, 0.05) is 31.7 Å². The summed E-state index contributed by atoms with van der Waals surface area (Å²) in [6.45, 7) is 4.98. The van der Waals surface area contributed by atoms with Crippen molar-refractivity contribution in [3.05, 3.63) is 11.3 Å². The molecule has 0 radical (unpaired) electrons. The summed E-state index contributed by atoms with van der Waals surface area (Å²) < 4.78 is 2.03. The maximum Gasteiger partial charge on any atom is 0.130 e. The molecule has 0 aromatic carbocycles. The molecule has 1 aromatic heterocycles. The van der Waals surface area contributed by atoms with Gasteiger partial charge in [0.2, 0.25) is 0 Å². The summed E-state index contributed by atoms with van der Waals surface area (Å²) >= 11 is 0. The van der Waals surface area contributed by atoms with E-state index in [0.29, 0.717) is 12.6 Å². The van der Waals surface area contributed by atoms with E-state index >= 15 is 0 Å². The highest BCUT2D eigenvalue weighted by Crippen LogP contribution is 2.27. The second-order valence-electron chi connectivity index (χ2n) is 5.76. The lowest BCUT2D eigenvalue weighted by atomic mass is 10.0. The number of aryl methyl sites for hydroxylation is 2. The Morgan fingerprint density at radius 2 is 2.16 bits per heavy atom. The molecule has 19 heavy (non-hydrogen) atoms. The summed E-state index contributed by atoms with van der Waals surface area (Å²) in [4.78, 5) is 4.82. The van der Waals surface area contributed by atoms with E-state index in [-0.39, 0.29) is 0 Å². The highest BCUT2D eigenvalue weighted by molar-refractivity contribution is 5.51. The van der Waals surface area contributed by atoms with Gasteiger partial charge in [0.05, 0.1) is 5.69 Å². The summed E-state index contributed by atoms with van der Waals surface area (Å²) in [6, 6.07) is 0.634. The van der Waals surface area contributed by atoms with Crippen molar-refractivity contribution in [1.29, 1.82) is 0 Å². The predicted octanol–water partition coefficient (Wildman–Crippen LogP) is 0.760. The minimum Gasteiger partial charge on any atom is -0.355 e. The molecule has 1 fully saturated rings. The van der Waals surface area contributed by atoms with E-state index in [9.17, 15) is 0 Å². The minimum atomic E-state index is 0.634. The number of likely N-dealkylation sites (N-methyl/N-ethyl adjacent to an activating group) is 1. The second kappa shape index (κ2) is 5.92. The van der Waals surface area contributed by atoms with Gasteiger partial charge in [-0.1, -0.05) is 0 Å². The van der Waals surface area contributed by atoms with Gasteiger partial charge in [0.25, 0.3) is 0 Å². The monoisotopic (exact) mass is 265 g/mol. The number of piperidine rings is 1. The van der Waals surface area contributed by atoms with E-state index < -0.39 is 0 Å². The number of aromatic nitrogens is 2. The summed E-state index contributed by atoms with van der Waals surface area (Å²) in [7, 11) is 6.38. The first-order valence-corrected chi connectivity index (χ1v) is 7.18. The Bertz CT molecular complexity index is 424. The van der Waals surface area contributed by atoms with Crippen molar-refractivity contribution in [2.24, 2.45) is 12.8 Å². The Balaban J connectivity index is 2.25. The molecule has 0 spiro atoms. The Kier molecular flexibility index (Phi) is 4.47. The largest absolute Gasteiger partial charge is 0.355 e. The Hall–Kier alpha value is -1.07. The molecule has 1 unspecified atom stereocenters. The zero-order valence-corrected chi connectivity index (χ0v) is 12.7. The van der Waals surface area contributed by atoms with Crippen molar-refractivity contribution >= 4 is 5.82 Å². The van der Waals surface area contributed by atoms with Gasteiger partial charge in [-0.05, 0) is 46.8 Å². The zero-order valence-electron chi connectivity index (χ0n) is 12.7. The fourth-order valence-corrected chi connectivity index (χ4v) is 3.09. The molecule has 1 aromatic rings. The van der Waals surface area contributed by atoms with Crippen LogP contribution in [0.3, 0.4) is 0 Å². The maximum atomic E-state index is 5.75. The van der Waals surface area contributed by atoms with E-state index in [0.717, 1.165) is 25.2 Å². The maximum absolute atomic E-state index is 5.75. The van der Waals surface area contributed by atoms with Gasteiger partial charge < -0.3 is 15.5 Å². The van der Waals surface area contributed by atoms with Gasteiger partial charge >= 0.3 is 0 Å². The number of nitrogens with zero attached hydrogens (tertiary/aromatic N) is 4. The molecule has 2 N–H and O–H groups in total. The van der Waals surface area contributed by atoms with Gasteiger partial charge in [-0.3, -0.25) is 4.68 Å². The molecule has 1 atom stereocenters. The molecule has 108 valence electrons. The summed E-state index contributed by atoms with van der Waals surface area (Å²) in [5.74, 6) is 1.27. The number of nitrogens with two attached hydrogens (primary N) is 1. The molecule has 0 amide bonds. The van der Waals surface area contributed by atoms with Crippen molar-refractivity contribution in [1.82, 2.24) is 14.7 Å². The molecule has 1 aliphatic rings. The first-order valence-electron chi connectivity index (χ1n) is 7.18. The van der Waals surface area contributed by atoms with Crippen molar-refractivity contribution in [2.75, 3.05) is 38.6 Å². The van der Waals surface area contributed by atoms with Crippen LogP contribution in [0, 0.1) is 6.92 Å². The van der Waals surface area contributed by atoms with Crippen LogP contribution in [0.5, 0.6) is 0 Å². The molecular formula is C14H27N5. The van der Waals surface area contributed by atoms with E-state index in [2.05, 4.69) is 35.9 Å². The van der Waals surface area contributed by atoms with E-state index in [1.807, 2.05) is 11.7 Å². The molecule has 2 rings (SSSR count). The van der Waals surface area contributed by atoms with Gasteiger partial charge in [-0.2, -0.15) is 5.10 Å². The fourth-order valence-electron chi connectivity index (χ4n) is 3.09.